The fraction of sp³-hybridized carbons (Fsp3) is 0.867. The van der Waals surface area contributed by atoms with Crippen LogP contribution in [0, 0.1) is 5.92 Å². The minimum absolute atomic E-state index is 0.356. The molecule has 2 atom stereocenters. The first-order chi connectivity index (χ1) is 9.97. The highest BCUT2D eigenvalue weighted by Crippen LogP contribution is 2.19. The molecule has 0 aliphatic carbocycles. The number of likely N-dealkylation sites (N-methyl/N-ethyl adjacent to an activating group) is 2. The number of ether oxygens (including phenoxy) is 1. The molecule has 0 saturated carbocycles. The van der Waals surface area contributed by atoms with Crippen LogP contribution in [0.5, 0.6) is 0 Å². The summed E-state index contributed by atoms with van der Waals surface area (Å²) in [5.74, 6) is 2.06. The van der Waals surface area contributed by atoms with E-state index in [9.17, 15) is 0 Å². The lowest BCUT2D eigenvalue weighted by atomic mass is 10.1. The highest BCUT2D eigenvalue weighted by molar-refractivity contribution is 4.89. The van der Waals surface area contributed by atoms with Gasteiger partial charge >= 0.3 is 0 Å². The summed E-state index contributed by atoms with van der Waals surface area (Å²) in [6.45, 7) is 7.01. The van der Waals surface area contributed by atoms with Gasteiger partial charge in [-0.15, -0.1) is 0 Å². The number of rotatable bonds is 7. The summed E-state index contributed by atoms with van der Waals surface area (Å²) in [5.41, 5.74) is 0. The zero-order valence-electron chi connectivity index (χ0n) is 13.9. The normalized spacial score (nSPS) is 23.6. The average molecular weight is 296 g/mol. The molecule has 1 aliphatic rings. The van der Waals surface area contributed by atoms with Crippen molar-refractivity contribution in [1.29, 1.82) is 0 Å². The van der Waals surface area contributed by atoms with Crippen LogP contribution >= 0.6 is 0 Å². The summed E-state index contributed by atoms with van der Waals surface area (Å²) in [5, 5.41) is 4.04. The van der Waals surface area contributed by atoms with Gasteiger partial charge in [0.2, 0.25) is 5.89 Å². The molecule has 0 amide bonds. The van der Waals surface area contributed by atoms with Crippen molar-refractivity contribution in [2.75, 3.05) is 34.3 Å². The van der Waals surface area contributed by atoms with E-state index in [1.807, 2.05) is 0 Å². The van der Waals surface area contributed by atoms with Crippen LogP contribution in [0.2, 0.25) is 0 Å². The first-order valence-electron chi connectivity index (χ1n) is 7.71. The van der Waals surface area contributed by atoms with Gasteiger partial charge in [0.05, 0.1) is 12.6 Å². The largest absolute Gasteiger partial charge is 0.380 e. The Balaban J connectivity index is 1.81. The predicted octanol–water partition coefficient (Wildman–Crippen LogP) is 1.42. The van der Waals surface area contributed by atoms with Crippen LogP contribution in [-0.2, 0) is 17.7 Å². The van der Waals surface area contributed by atoms with E-state index < -0.39 is 0 Å². The van der Waals surface area contributed by atoms with Crippen molar-refractivity contribution in [3.05, 3.63) is 11.7 Å². The van der Waals surface area contributed by atoms with E-state index in [4.69, 9.17) is 9.26 Å². The summed E-state index contributed by atoms with van der Waals surface area (Å²) < 4.78 is 10.8. The molecule has 0 N–H and O–H groups in total. The average Bonchev–Trinajstić information content (AvgIpc) is 2.96. The van der Waals surface area contributed by atoms with Gasteiger partial charge in [0.25, 0.3) is 0 Å². The van der Waals surface area contributed by atoms with E-state index >= 15 is 0 Å². The molecular formula is C15H28N4O2. The molecule has 0 aromatic carbocycles. The van der Waals surface area contributed by atoms with Gasteiger partial charge < -0.3 is 9.26 Å². The topological polar surface area (TPSA) is 54.6 Å². The van der Waals surface area contributed by atoms with Crippen LogP contribution in [-0.4, -0.2) is 66.4 Å². The zero-order chi connectivity index (χ0) is 15.4. The lowest BCUT2D eigenvalue weighted by Gasteiger charge is -2.24. The van der Waals surface area contributed by atoms with Crippen molar-refractivity contribution in [3.8, 4) is 0 Å². The van der Waals surface area contributed by atoms with Crippen LogP contribution in [0.1, 0.15) is 32.0 Å². The number of nitrogens with zero attached hydrogens (tertiary/aromatic N) is 4. The third kappa shape index (κ3) is 4.76. The lowest BCUT2D eigenvalue weighted by Crippen LogP contribution is -2.36. The first-order valence-corrected chi connectivity index (χ1v) is 7.71. The Morgan fingerprint density at radius 1 is 1.48 bits per heavy atom. The molecule has 120 valence electrons. The van der Waals surface area contributed by atoms with E-state index in [2.05, 4.69) is 47.9 Å². The Labute approximate surface area is 127 Å². The predicted molar refractivity (Wildman–Crippen MR) is 81.0 cm³/mol. The van der Waals surface area contributed by atoms with Crippen molar-refractivity contribution >= 4 is 0 Å². The zero-order valence-corrected chi connectivity index (χ0v) is 13.9. The van der Waals surface area contributed by atoms with Crippen molar-refractivity contribution in [3.63, 3.8) is 0 Å². The number of methoxy groups -OCH3 is 1. The molecule has 0 radical (unpaired) electrons. The van der Waals surface area contributed by atoms with E-state index in [1.54, 1.807) is 7.11 Å². The van der Waals surface area contributed by atoms with Crippen LogP contribution in [0.25, 0.3) is 0 Å². The number of likely N-dealkylation sites (tertiary alicyclic amines) is 1. The minimum atomic E-state index is 0.356. The summed E-state index contributed by atoms with van der Waals surface area (Å²) in [7, 11) is 6.05. The SMILES string of the molecule is CO[C@H]1C[C@@H](CN(C)Cc2nc(CC(C)C)no2)N(C)C1. The second-order valence-electron chi connectivity index (χ2n) is 6.59. The summed E-state index contributed by atoms with van der Waals surface area (Å²) in [4.78, 5) is 9.06. The lowest BCUT2D eigenvalue weighted by molar-refractivity contribution is 0.111. The minimum Gasteiger partial charge on any atom is -0.380 e. The molecule has 0 unspecified atom stereocenters. The Kier molecular flexibility index (Phi) is 5.72. The van der Waals surface area contributed by atoms with E-state index in [-0.39, 0.29) is 0 Å². The third-order valence-electron chi connectivity index (χ3n) is 4.01. The molecule has 1 fully saturated rings. The molecule has 2 heterocycles. The van der Waals surface area contributed by atoms with Gasteiger partial charge in [0.1, 0.15) is 0 Å². The van der Waals surface area contributed by atoms with Gasteiger partial charge in [-0.05, 0) is 26.4 Å². The van der Waals surface area contributed by atoms with Gasteiger partial charge in [0, 0.05) is 32.7 Å². The summed E-state index contributed by atoms with van der Waals surface area (Å²) >= 11 is 0. The fourth-order valence-electron chi connectivity index (χ4n) is 2.87. The van der Waals surface area contributed by atoms with Gasteiger partial charge in [-0.2, -0.15) is 4.98 Å². The quantitative estimate of drug-likeness (QED) is 0.758. The van der Waals surface area contributed by atoms with Crippen molar-refractivity contribution < 1.29 is 9.26 Å². The van der Waals surface area contributed by atoms with Crippen LogP contribution < -0.4 is 0 Å². The second kappa shape index (κ2) is 7.33. The van der Waals surface area contributed by atoms with Crippen LogP contribution in [0.3, 0.4) is 0 Å². The number of hydrogen-bond donors (Lipinski definition) is 0. The molecule has 0 bridgehead atoms. The van der Waals surface area contributed by atoms with E-state index in [0.29, 0.717) is 30.5 Å². The van der Waals surface area contributed by atoms with Crippen LogP contribution in [0.15, 0.2) is 4.52 Å². The van der Waals surface area contributed by atoms with E-state index in [0.717, 1.165) is 31.8 Å². The molecule has 0 spiro atoms. The third-order valence-corrected chi connectivity index (χ3v) is 4.01. The molecule has 6 heteroatoms. The first kappa shape index (κ1) is 16.4. The Morgan fingerprint density at radius 2 is 2.24 bits per heavy atom. The number of hydrogen-bond acceptors (Lipinski definition) is 6. The maximum atomic E-state index is 5.45. The van der Waals surface area contributed by atoms with Gasteiger partial charge in [-0.25, -0.2) is 0 Å². The molecule has 1 aromatic rings. The Hall–Kier alpha value is -0.980. The van der Waals surface area contributed by atoms with Crippen molar-refractivity contribution in [1.82, 2.24) is 19.9 Å². The van der Waals surface area contributed by atoms with Crippen molar-refractivity contribution in [2.45, 2.75) is 45.4 Å². The summed E-state index contributed by atoms with van der Waals surface area (Å²) in [6.07, 6.45) is 2.31. The Morgan fingerprint density at radius 3 is 2.86 bits per heavy atom. The standard InChI is InChI=1S/C15H28N4O2/c1-11(2)6-14-16-15(21-17-14)10-18(3)8-12-7-13(20-5)9-19(12)4/h11-13H,6-10H2,1-5H3/t12-,13-/m0/s1. The van der Waals surface area contributed by atoms with Crippen LogP contribution in [0.4, 0.5) is 0 Å². The monoisotopic (exact) mass is 296 g/mol. The highest BCUT2D eigenvalue weighted by Gasteiger charge is 2.30. The maximum Gasteiger partial charge on any atom is 0.240 e. The van der Waals surface area contributed by atoms with E-state index in [1.165, 1.54) is 0 Å². The molecular weight excluding hydrogens is 268 g/mol. The highest BCUT2D eigenvalue weighted by atomic mass is 16.5. The molecule has 1 aliphatic heterocycles. The van der Waals surface area contributed by atoms with Crippen molar-refractivity contribution in [2.24, 2.45) is 5.92 Å². The molecule has 21 heavy (non-hydrogen) atoms. The van der Waals surface area contributed by atoms with Gasteiger partial charge in [0.15, 0.2) is 5.82 Å². The maximum absolute atomic E-state index is 5.45. The smallest absolute Gasteiger partial charge is 0.240 e. The molecule has 1 saturated heterocycles. The second-order valence-corrected chi connectivity index (χ2v) is 6.59. The molecule has 2 rings (SSSR count). The number of aromatic nitrogens is 2. The summed E-state index contributed by atoms with van der Waals surface area (Å²) in [6, 6.07) is 0.526. The van der Waals surface area contributed by atoms with Gasteiger partial charge in [-0.1, -0.05) is 19.0 Å². The fourth-order valence-corrected chi connectivity index (χ4v) is 2.87. The Bertz CT molecular complexity index is 435. The van der Waals surface area contributed by atoms with Gasteiger partial charge in [-0.3, -0.25) is 9.80 Å². The molecule has 1 aromatic heterocycles. The molecule has 6 nitrogen and oxygen atoms in total.